The highest BCUT2D eigenvalue weighted by Gasteiger charge is 2.18. The zero-order valence-corrected chi connectivity index (χ0v) is 8.29. The Morgan fingerprint density at radius 2 is 2.47 bits per heavy atom. The highest BCUT2D eigenvalue weighted by atomic mass is 16.4. The second-order valence-corrected chi connectivity index (χ2v) is 3.32. The second kappa shape index (κ2) is 3.68. The monoisotopic (exact) mass is 205 g/mol. The van der Waals surface area contributed by atoms with Gasteiger partial charge < -0.3 is 5.11 Å². The van der Waals surface area contributed by atoms with E-state index in [1.165, 1.54) is 0 Å². The molecule has 2 aromatic rings. The van der Waals surface area contributed by atoms with Gasteiger partial charge in [-0.2, -0.15) is 5.10 Å². The minimum atomic E-state index is -0.828. The van der Waals surface area contributed by atoms with Gasteiger partial charge in [-0.1, -0.05) is 6.92 Å². The fraction of sp³-hybridized carbons (Fsp3) is 0.300. The number of hydrogen-bond acceptors (Lipinski definition) is 3. The van der Waals surface area contributed by atoms with E-state index in [1.54, 1.807) is 29.2 Å². The Morgan fingerprint density at radius 3 is 3.13 bits per heavy atom. The van der Waals surface area contributed by atoms with E-state index in [1.807, 2.05) is 6.92 Å². The first-order valence-corrected chi connectivity index (χ1v) is 4.74. The molecule has 0 amide bonds. The van der Waals surface area contributed by atoms with E-state index >= 15 is 0 Å². The molecule has 2 rings (SSSR count). The van der Waals surface area contributed by atoms with Crippen molar-refractivity contribution in [3.05, 3.63) is 30.2 Å². The Hall–Kier alpha value is -1.91. The van der Waals surface area contributed by atoms with Crippen LogP contribution in [0.5, 0.6) is 0 Å². The molecule has 5 nitrogen and oxygen atoms in total. The number of fused-ring (bicyclic) bond motifs is 1. The molecule has 1 unspecified atom stereocenters. The molecule has 0 saturated heterocycles. The maximum absolute atomic E-state index is 10.9. The summed E-state index contributed by atoms with van der Waals surface area (Å²) >= 11 is 0. The number of nitrogens with zero attached hydrogens (tertiary/aromatic N) is 3. The van der Waals surface area contributed by atoms with Crippen molar-refractivity contribution in [2.75, 3.05) is 0 Å². The third-order valence-electron chi connectivity index (χ3n) is 2.38. The number of aromatic nitrogens is 3. The third kappa shape index (κ3) is 1.68. The van der Waals surface area contributed by atoms with Crippen LogP contribution in [0.2, 0.25) is 0 Å². The van der Waals surface area contributed by atoms with E-state index in [0.717, 1.165) is 5.65 Å². The lowest BCUT2D eigenvalue weighted by Gasteiger charge is -2.09. The van der Waals surface area contributed by atoms with Gasteiger partial charge >= 0.3 is 5.97 Å². The summed E-state index contributed by atoms with van der Waals surface area (Å²) in [6.45, 7) is 1.84. The lowest BCUT2D eigenvalue weighted by Crippen LogP contribution is -2.11. The van der Waals surface area contributed by atoms with Crippen molar-refractivity contribution in [3.8, 4) is 0 Å². The molecule has 2 heterocycles. The summed E-state index contributed by atoms with van der Waals surface area (Å²) < 4.78 is 1.58. The molecule has 5 heteroatoms. The van der Waals surface area contributed by atoms with Crippen molar-refractivity contribution in [1.29, 1.82) is 0 Å². The van der Waals surface area contributed by atoms with Crippen LogP contribution in [0.4, 0.5) is 0 Å². The number of rotatable bonds is 3. The fourth-order valence-electron chi connectivity index (χ4n) is 1.56. The molecule has 0 aliphatic carbocycles. The number of carboxylic acids is 1. The van der Waals surface area contributed by atoms with E-state index in [2.05, 4.69) is 10.1 Å². The average molecular weight is 205 g/mol. The van der Waals surface area contributed by atoms with Gasteiger partial charge in [0.15, 0.2) is 5.65 Å². The number of carbonyl (C=O) groups is 1. The van der Waals surface area contributed by atoms with Crippen LogP contribution in [0.25, 0.3) is 5.65 Å². The van der Waals surface area contributed by atoms with Crippen molar-refractivity contribution in [2.24, 2.45) is 0 Å². The van der Waals surface area contributed by atoms with Gasteiger partial charge in [-0.05, 0) is 6.42 Å². The van der Waals surface area contributed by atoms with Gasteiger partial charge in [0.05, 0.1) is 12.1 Å². The summed E-state index contributed by atoms with van der Waals surface area (Å²) in [6, 6.07) is 1.77. The average Bonchev–Trinajstić information content (AvgIpc) is 2.65. The number of aliphatic carboxylic acids is 1. The summed E-state index contributed by atoms with van der Waals surface area (Å²) in [5.74, 6) is -1.34. The van der Waals surface area contributed by atoms with E-state index < -0.39 is 11.9 Å². The summed E-state index contributed by atoms with van der Waals surface area (Å²) in [4.78, 5) is 15.1. The van der Waals surface area contributed by atoms with Crippen LogP contribution in [-0.4, -0.2) is 25.7 Å². The van der Waals surface area contributed by atoms with Gasteiger partial charge in [-0.3, -0.25) is 4.79 Å². The van der Waals surface area contributed by atoms with Crippen LogP contribution in [0, 0.1) is 0 Å². The quantitative estimate of drug-likeness (QED) is 0.820. The highest BCUT2D eigenvalue weighted by Crippen LogP contribution is 2.18. The highest BCUT2D eigenvalue weighted by molar-refractivity contribution is 5.75. The van der Waals surface area contributed by atoms with Gasteiger partial charge in [0.25, 0.3) is 0 Å². The summed E-state index contributed by atoms with van der Waals surface area (Å²) in [6.07, 6.45) is 5.49. The van der Waals surface area contributed by atoms with E-state index in [-0.39, 0.29) is 0 Å². The second-order valence-electron chi connectivity index (χ2n) is 3.32. The number of carboxylic acid groups (broad SMARTS) is 1. The molecule has 0 aromatic carbocycles. The largest absolute Gasteiger partial charge is 0.481 e. The molecule has 1 N–H and O–H groups in total. The molecule has 0 fully saturated rings. The van der Waals surface area contributed by atoms with Crippen LogP contribution in [0.15, 0.2) is 24.7 Å². The minimum Gasteiger partial charge on any atom is -0.481 e. The molecule has 15 heavy (non-hydrogen) atoms. The number of hydrogen-bond donors (Lipinski definition) is 1. The Bertz CT molecular complexity index is 492. The van der Waals surface area contributed by atoms with Gasteiger partial charge in [0, 0.05) is 24.0 Å². The zero-order valence-electron chi connectivity index (χ0n) is 8.29. The molecule has 1 atom stereocenters. The van der Waals surface area contributed by atoms with Crippen molar-refractivity contribution in [2.45, 2.75) is 19.3 Å². The predicted molar refractivity (Wildman–Crippen MR) is 53.7 cm³/mol. The van der Waals surface area contributed by atoms with Gasteiger partial charge in [-0.15, -0.1) is 0 Å². The van der Waals surface area contributed by atoms with Crippen LogP contribution < -0.4 is 0 Å². The first kappa shape index (κ1) is 9.64. The van der Waals surface area contributed by atoms with Crippen molar-refractivity contribution >= 4 is 11.6 Å². The summed E-state index contributed by atoms with van der Waals surface area (Å²) in [5, 5.41) is 13.0. The van der Waals surface area contributed by atoms with Crippen LogP contribution in [0.3, 0.4) is 0 Å². The van der Waals surface area contributed by atoms with Crippen molar-refractivity contribution < 1.29 is 9.90 Å². The predicted octanol–water partition coefficient (Wildman–Crippen LogP) is 1.31. The molecular formula is C10H11N3O2. The Morgan fingerprint density at radius 1 is 1.67 bits per heavy atom. The molecular weight excluding hydrogens is 194 g/mol. The molecule has 0 bridgehead atoms. The van der Waals surface area contributed by atoms with Crippen molar-refractivity contribution in [1.82, 2.24) is 14.6 Å². The zero-order chi connectivity index (χ0) is 10.8. The summed E-state index contributed by atoms with van der Waals surface area (Å²) in [7, 11) is 0. The Kier molecular flexibility index (Phi) is 2.37. The smallest absolute Gasteiger partial charge is 0.311 e. The van der Waals surface area contributed by atoms with Gasteiger partial charge in [-0.25, -0.2) is 9.50 Å². The molecule has 0 aliphatic rings. The van der Waals surface area contributed by atoms with Gasteiger partial charge in [0.2, 0.25) is 0 Å². The fourth-order valence-corrected chi connectivity index (χ4v) is 1.56. The standard InChI is InChI=1S/C10H11N3O2/c1-2-8(10(14)15)7-5-11-9-3-4-12-13(9)6-7/h3-6,8H,2H2,1H3,(H,14,15). The lowest BCUT2D eigenvalue weighted by molar-refractivity contribution is -0.138. The third-order valence-corrected chi connectivity index (χ3v) is 2.38. The maximum Gasteiger partial charge on any atom is 0.311 e. The first-order valence-electron chi connectivity index (χ1n) is 4.74. The molecule has 0 radical (unpaired) electrons. The topological polar surface area (TPSA) is 67.5 Å². The summed E-state index contributed by atoms with van der Waals surface area (Å²) in [5.41, 5.74) is 1.40. The van der Waals surface area contributed by atoms with E-state index in [9.17, 15) is 4.79 Å². The van der Waals surface area contributed by atoms with E-state index in [0.29, 0.717) is 12.0 Å². The first-order chi connectivity index (χ1) is 7.22. The lowest BCUT2D eigenvalue weighted by atomic mass is 10.00. The van der Waals surface area contributed by atoms with Crippen LogP contribution >= 0.6 is 0 Å². The van der Waals surface area contributed by atoms with E-state index in [4.69, 9.17) is 5.11 Å². The maximum atomic E-state index is 10.9. The SMILES string of the molecule is CCC(C(=O)O)c1cnc2ccnn2c1. The van der Waals surface area contributed by atoms with Crippen LogP contribution in [-0.2, 0) is 4.79 Å². The molecule has 2 aromatic heterocycles. The normalized spacial score (nSPS) is 12.9. The Balaban J connectivity index is 2.46. The molecule has 78 valence electrons. The van der Waals surface area contributed by atoms with Crippen LogP contribution in [0.1, 0.15) is 24.8 Å². The molecule has 0 saturated carbocycles. The minimum absolute atomic E-state index is 0.508. The molecule has 0 aliphatic heterocycles. The van der Waals surface area contributed by atoms with Gasteiger partial charge in [0.1, 0.15) is 0 Å². The molecule has 0 spiro atoms. The van der Waals surface area contributed by atoms with Crippen molar-refractivity contribution in [3.63, 3.8) is 0 Å². The Labute approximate surface area is 86.4 Å².